The Balaban J connectivity index is 3.21. The summed E-state index contributed by atoms with van der Waals surface area (Å²) in [4.78, 5) is 7.31. The van der Waals surface area contributed by atoms with Gasteiger partial charge in [0.15, 0.2) is 0 Å². The number of hydrogen-bond acceptors (Lipinski definition) is 3. The number of aromatic nitrogens is 2. The second-order valence-corrected chi connectivity index (χ2v) is 3.92. The first-order valence-electron chi connectivity index (χ1n) is 3.85. The van der Waals surface area contributed by atoms with Crippen molar-refractivity contribution in [2.24, 2.45) is 0 Å². The molecule has 1 aromatic heterocycles. The lowest BCUT2D eigenvalue weighted by Gasteiger charge is -2.10. The first-order valence-corrected chi connectivity index (χ1v) is 5.05. The number of nitrogens with zero attached hydrogens (tertiary/aromatic N) is 1. The average Bonchev–Trinajstić information content (AvgIpc) is 2.12. The van der Waals surface area contributed by atoms with E-state index in [-0.39, 0.29) is 6.10 Å². The van der Waals surface area contributed by atoms with Gasteiger partial charge in [-0.3, -0.25) is 0 Å². The second-order valence-electron chi connectivity index (χ2n) is 2.74. The van der Waals surface area contributed by atoms with Crippen LogP contribution in [0.1, 0.15) is 24.5 Å². The van der Waals surface area contributed by atoms with E-state index in [1.165, 1.54) is 0 Å². The first-order chi connectivity index (χ1) is 6.06. The molecule has 3 nitrogen and oxygen atoms in total. The van der Waals surface area contributed by atoms with Crippen LogP contribution in [0, 0.1) is 11.6 Å². The van der Waals surface area contributed by atoms with Gasteiger partial charge in [-0.1, -0.05) is 12.2 Å². The normalized spacial score (nSPS) is 12.9. The Labute approximate surface area is 90.7 Å². The van der Waals surface area contributed by atoms with Crippen LogP contribution in [0.2, 0.25) is 0 Å². The highest BCUT2D eigenvalue weighted by Gasteiger charge is 2.08. The zero-order valence-corrected chi connectivity index (χ0v) is 10.1. The third kappa shape index (κ3) is 2.36. The topological polar surface area (TPSA) is 37.9 Å². The maximum atomic E-state index is 5.13. The van der Waals surface area contributed by atoms with Gasteiger partial charge in [-0.2, -0.15) is 0 Å². The fraction of sp³-hybridized carbons (Fsp3) is 0.500. The summed E-state index contributed by atoms with van der Waals surface area (Å²) in [6, 6.07) is 0. The number of H-pyrrole nitrogens is 1. The van der Waals surface area contributed by atoms with E-state index in [1.54, 1.807) is 7.11 Å². The minimum Gasteiger partial charge on any atom is -0.374 e. The van der Waals surface area contributed by atoms with Gasteiger partial charge in [-0.15, -0.1) is 0 Å². The van der Waals surface area contributed by atoms with E-state index in [0.717, 1.165) is 16.0 Å². The van der Waals surface area contributed by atoms with Crippen LogP contribution < -0.4 is 0 Å². The Bertz CT molecular complexity index is 364. The minimum atomic E-state index is -0.0616. The molecule has 13 heavy (non-hydrogen) atoms. The van der Waals surface area contributed by atoms with Crippen molar-refractivity contribution >= 4 is 28.1 Å². The van der Waals surface area contributed by atoms with Gasteiger partial charge in [0.1, 0.15) is 16.6 Å². The number of ether oxygens (including phenoxy) is 1. The SMILES string of the molecule is COC(C)c1nc(=S)c(Br)c(C)[nH]1. The van der Waals surface area contributed by atoms with E-state index >= 15 is 0 Å². The number of rotatable bonds is 2. The summed E-state index contributed by atoms with van der Waals surface area (Å²) in [6.45, 7) is 3.86. The Morgan fingerprint density at radius 1 is 1.62 bits per heavy atom. The number of halogens is 1. The van der Waals surface area contributed by atoms with Gasteiger partial charge in [0.05, 0.1) is 4.47 Å². The van der Waals surface area contributed by atoms with Crippen molar-refractivity contribution in [2.75, 3.05) is 7.11 Å². The number of methoxy groups -OCH3 is 1. The van der Waals surface area contributed by atoms with Gasteiger partial charge >= 0.3 is 0 Å². The molecule has 1 atom stereocenters. The Morgan fingerprint density at radius 2 is 2.23 bits per heavy atom. The number of aryl methyl sites for hydroxylation is 1. The lowest BCUT2D eigenvalue weighted by atomic mass is 10.3. The van der Waals surface area contributed by atoms with E-state index in [4.69, 9.17) is 17.0 Å². The summed E-state index contributed by atoms with van der Waals surface area (Å²) in [5.41, 5.74) is 0.971. The predicted octanol–water partition coefficient (Wildman–Crippen LogP) is 2.92. The third-order valence-corrected chi connectivity index (χ3v) is 3.32. The summed E-state index contributed by atoms with van der Waals surface area (Å²) in [5, 5.41) is 0. The van der Waals surface area contributed by atoms with Crippen molar-refractivity contribution < 1.29 is 4.74 Å². The van der Waals surface area contributed by atoms with E-state index < -0.39 is 0 Å². The van der Waals surface area contributed by atoms with Gasteiger partial charge in [0.2, 0.25) is 0 Å². The van der Waals surface area contributed by atoms with E-state index in [9.17, 15) is 0 Å². The molecule has 1 heterocycles. The second kappa shape index (κ2) is 4.30. The molecule has 0 saturated carbocycles. The molecule has 5 heteroatoms. The van der Waals surface area contributed by atoms with Gasteiger partial charge in [0.25, 0.3) is 0 Å². The Morgan fingerprint density at radius 3 is 2.69 bits per heavy atom. The predicted molar refractivity (Wildman–Crippen MR) is 57.3 cm³/mol. The third-order valence-electron chi connectivity index (χ3n) is 1.79. The molecule has 1 N–H and O–H groups in total. The highest BCUT2D eigenvalue weighted by Crippen LogP contribution is 2.18. The van der Waals surface area contributed by atoms with Crippen molar-refractivity contribution in [3.63, 3.8) is 0 Å². The van der Waals surface area contributed by atoms with Crippen molar-refractivity contribution in [1.29, 1.82) is 0 Å². The minimum absolute atomic E-state index is 0.0616. The number of nitrogens with one attached hydrogen (secondary N) is 1. The van der Waals surface area contributed by atoms with Crippen molar-refractivity contribution in [2.45, 2.75) is 20.0 Å². The summed E-state index contributed by atoms with van der Waals surface area (Å²) in [6.07, 6.45) is -0.0616. The van der Waals surface area contributed by atoms with Crippen LogP contribution in [0.3, 0.4) is 0 Å². The molecule has 0 bridgehead atoms. The summed E-state index contributed by atoms with van der Waals surface area (Å²) in [7, 11) is 1.64. The van der Waals surface area contributed by atoms with Crippen LogP contribution in [0.4, 0.5) is 0 Å². The van der Waals surface area contributed by atoms with Crippen molar-refractivity contribution in [3.8, 4) is 0 Å². The smallest absolute Gasteiger partial charge is 0.144 e. The van der Waals surface area contributed by atoms with Crippen LogP contribution in [-0.4, -0.2) is 17.1 Å². The maximum Gasteiger partial charge on any atom is 0.144 e. The van der Waals surface area contributed by atoms with E-state index in [0.29, 0.717) is 4.64 Å². The van der Waals surface area contributed by atoms with Gasteiger partial charge in [0, 0.05) is 12.8 Å². The van der Waals surface area contributed by atoms with Crippen LogP contribution in [-0.2, 0) is 4.74 Å². The van der Waals surface area contributed by atoms with E-state index in [2.05, 4.69) is 25.9 Å². The van der Waals surface area contributed by atoms with Crippen molar-refractivity contribution in [3.05, 3.63) is 20.6 Å². The molecule has 1 aromatic rings. The molecule has 0 radical (unpaired) electrons. The molecule has 0 aliphatic heterocycles. The van der Waals surface area contributed by atoms with Crippen LogP contribution in [0.25, 0.3) is 0 Å². The Hall–Kier alpha value is -0.260. The van der Waals surface area contributed by atoms with Gasteiger partial charge < -0.3 is 9.72 Å². The van der Waals surface area contributed by atoms with Crippen LogP contribution >= 0.6 is 28.1 Å². The van der Waals surface area contributed by atoms with Gasteiger partial charge in [-0.25, -0.2) is 4.98 Å². The van der Waals surface area contributed by atoms with Crippen LogP contribution in [0.15, 0.2) is 4.47 Å². The largest absolute Gasteiger partial charge is 0.374 e. The van der Waals surface area contributed by atoms with Gasteiger partial charge in [-0.05, 0) is 29.8 Å². The molecule has 0 aromatic carbocycles. The molecule has 1 unspecified atom stereocenters. The number of aromatic amines is 1. The zero-order valence-electron chi connectivity index (χ0n) is 7.72. The molecule has 0 amide bonds. The summed E-state index contributed by atoms with van der Waals surface area (Å²) >= 11 is 8.41. The number of hydrogen-bond donors (Lipinski definition) is 1. The molecule has 0 spiro atoms. The maximum absolute atomic E-state index is 5.13. The zero-order chi connectivity index (χ0) is 10.0. The highest BCUT2D eigenvalue weighted by molar-refractivity contribution is 9.10. The van der Waals surface area contributed by atoms with E-state index in [1.807, 2.05) is 13.8 Å². The monoisotopic (exact) mass is 262 g/mol. The molecule has 72 valence electrons. The van der Waals surface area contributed by atoms with Crippen molar-refractivity contribution in [1.82, 2.24) is 9.97 Å². The lowest BCUT2D eigenvalue weighted by Crippen LogP contribution is -2.04. The Kier molecular flexibility index (Phi) is 3.58. The molecule has 0 aliphatic rings. The molecule has 0 saturated heterocycles. The fourth-order valence-corrected chi connectivity index (χ4v) is 1.34. The molecule has 0 aliphatic carbocycles. The molecular weight excluding hydrogens is 252 g/mol. The summed E-state index contributed by atoms with van der Waals surface area (Å²) < 4.78 is 6.54. The highest BCUT2D eigenvalue weighted by atomic mass is 79.9. The molecular formula is C8H11BrN2OS. The molecule has 0 fully saturated rings. The average molecular weight is 263 g/mol. The standard InChI is InChI=1S/C8H11BrN2OS/c1-4-6(9)8(13)11-7(10-4)5(2)12-3/h5H,1-3H3,(H,10,11,13). The first kappa shape index (κ1) is 10.8. The van der Waals surface area contributed by atoms with Crippen LogP contribution in [0.5, 0.6) is 0 Å². The molecule has 1 rings (SSSR count). The lowest BCUT2D eigenvalue weighted by molar-refractivity contribution is 0.111. The quantitative estimate of drug-likeness (QED) is 0.834. The fourth-order valence-electron chi connectivity index (χ4n) is 0.898. The summed E-state index contributed by atoms with van der Waals surface area (Å²) in [5.74, 6) is 0.758.